The molecule has 0 radical (unpaired) electrons. The van der Waals surface area contributed by atoms with E-state index in [1.54, 1.807) is 25.1 Å². The van der Waals surface area contributed by atoms with E-state index in [1.165, 1.54) is 18.3 Å². The second-order valence-electron chi connectivity index (χ2n) is 7.64. The zero-order valence-corrected chi connectivity index (χ0v) is 17.6. The van der Waals surface area contributed by atoms with Gasteiger partial charge in [-0.3, -0.25) is 10.2 Å². The molecule has 172 valence electrons. The summed E-state index contributed by atoms with van der Waals surface area (Å²) in [7, 11) is 0. The number of carbonyl (C=O) groups is 1. The number of hydrogen-bond acceptors (Lipinski definition) is 7. The van der Waals surface area contributed by atoms with Gasteiger partial charge in [0.15, 0.2) is 5.58 Å². The van der Waals surface area contributed by atoms with Crippen molar-refractivity contribution in [3.63, 3.8) is 0 Å². The van der Waals surface area contributed by atoms with Crippen LogP contribution in [0.1, 0.15) is 22.3 Å². The van der Waals surface area contributed by atoms with Gasteiger partial charge in [-0.15, -0.1) is 0 Å². The number of amides is 1. The highest BCUT2D eigenvalue weighted by Crippen LogP contribution is 2.36. The van der Waals surface area contributed by atoms with Gasteiger partial charge < -0.3 is 20.0 Å². The number of benzene rings is 2. The maximum atomic E-state index is 14.7. The van der Waals surface area contributed by atoms with Gasteiger partial charge in [-0.25, -0.2) is 13.2 Å². The van der Waals surface area contributed by atoms with Crippen molar-refractivity contribution >= 4 is 41.1 Å². The number of nitrogens with zero attached hydrogens (tertiary/aromatic N) is 3. The Balaban J connectivity index is 1.56. The van der Waals surface area contributed by atoms with E-state index in [4.69, 9.17) is 9.83 Å². The summed E-state index contributed by atoms with van der Waals surface area (Å²) in [6.07, 6.45) is 1.67. The minimum absolute atomic E-state index is 0.0374. The summed E-state index contributed by atoms with van der Waals surface area (Å²) in [5, 5.41) is 13.5. The van der Waals surface area contributed by atoms with Crippen LogP contribution in [0.3, 0.4) is 0 Å². The molecule has 1 aliphatic rings. The molecule has 0 bridgehead atoms. The number of alkyl halides is 2. The third-order valence-corrected chi connectivity index (χ3v) is 5.35. The molecule has 1 saturated heterocycles. The van der Waals surface area contributed by atoms with Crippen LogP contribution in [0.15, 0.2) is 45.9 Å². The molecule has 1 aliphatic heterocycles. The summed E-state index contributed by atoms with van der Waals surface area (Å²) >= 11 is 0. The van der Waals surface area contributed by atoms with Crippen LogP contribution in [0, 0.1) is 18.2 Å². The number of aryl methyl sites for hydroxylation is 1. The van der Waals surface area contributed by atoms with Crippen molar-refractivity contribution < 1.29 is 22.4 Å². The second-order valence-corrected chi connectivity index (χ2v) is 7.64. The van der Waals surface area contributed by atoms with Crippen LogP contribution >= 0.6 is 0 Å². The number of fused-ring (bicyclic) bond motifs is 1. The van der Waals surface area contributed by atoms with Crippen molar-refractivity contribution in [1.82, 2.24) is 9.88 Å². The van der Waals surface area contributed by atoms with E-state index >= 15 is 0 Å². The van der Waals surface area contributed by atoms with Crippen molar-refractivity contribution in [3.8, 4) is 0 Å². The predicted molar refractivity (Wildman–Crippen MR) is 119 cm³/mol. The van der Waals surface area contributed by atoms with Gasteiger partial charge in [0.2, 0.25) is 0 Å². The van der Waals surface area contributed by atoms with E-state index in [9.17, 15) is 18.0 Å². The molecule has 0 aliphatic carbocycles. The van der Waals surface area contributed by atoms with Crippen LogP contribution in [0.2, 0.25) is 0 Å². The molecule has 1 aromatic heterocycles. The molecule has 3 aromatic rings. The number of hydrogen-bond donors (Lipinski definition) is 3. The van der Waals surface area contributed by atoms with E-state index in [1.807, 2.05) is 0 Å². The van der Waals surface area contributed by atoms with E-state index in [0.717, 1.165) is 22.7 Å². The lowest BCUT2D eigenvalue weighted by atomic mass is 10.1. The van der Waals surface area contributed by atoms with Gasteiger partial charge in [-0.05, 0) is 31.2 Å². The van der Waals surface area contributed by atoms with Crippen molar-refractivity contribution in [3.05, 3.63) is 53.3 Å². The smallest absolute Gasteiger partial charge is 0.295 e. The van der Waals surface area contributed by atoms with Crippen LogP contribution in [0.25, 0.3) is 11.1 Å². The Morgan fingerprint density at radius 3 is 2.97 bits per heavy atom. The van der Waals surface area contributed by atoms with Gasteiger partial charge in [0.1, 0.15) is 17.4 Å². The number of likely N-dealkylation sites (tertiary alicyclic amines) is 1. The fourth-order valence-electron chi connectivity index (χ4n) is 3.71. The number of halogens is 3. The van der Waals surface area contributed by atoms with Gasteiger partial charge in [-0.2, -0.15) is 10.1 Å². The lowest BCUT2D eigenvalue weighted by molar-refractivity contribution is -0.0249. The molecule has 1 fully saturated rings. The Hall–Kier alpha value is -3.89. The molecule has 1 atom stereocenters. The summed E-state index contributed by atoms with van der Waals surface area (Å²) < 4.78 is 48.2. The topological polar surface area (TPSA) is 107 Å². The van der Waals surface area contributed by atoms with E-state index in [0.29, 0.717) is 11.2 Å². The van der Waals surface area contributed by atoms with Gasteiger partial charge in [0, 0.05) is 31.8 Å². The lowest BCUT2D eigenvalue weighted by Crippen LogP contribution is -2.47. The van der Waals surface area contributed by atoms with Crippen LogP contribution in [0.5, 0.6) is 0 Å². The fraction of sp³-hybridized carbons (Fsp3) is 0.273. The maximum Gasteiger partial charge on any atom is 0.295 e. The van der Waals surface area contributed by atoms with Gasteiger partial charge in [-0.1, -0.05) is 11.6 Å². The summed E-state index contributed by atoms with van der Waals surface area (Å²) in [5.41, 5.74) is 4.54. The molecule has 11 heteroatoms. The Bertz CT molecular complexity index is 1230. The fourth-order valence-corrected chi connectivity index (χ4v) is 3.71. The maximum absolute atomic E-state index is 14.7. The van der Waals surface area contributed by atoms with Crippen molar-refractivity contribution in [2.45, 2.75) is 25.3 Å². The Morgan fingerprint density at radius 1 is 1.36 bits per heavy atom. The average molecular weight is 458 g/mol. The highest BCUT2D eigenvalue weighted by atomic mass is 19.3. The first-order chi connectivity index (χ1) is 15.8. The number of hydrazone groups is 1. The Labute approximate surface area is 187 Å². The highest BCUT2D eigenvalue weighted by molar-refractivity contribution is 6.14. The minimum atomic E-state index is -3.13. The summed E-state index contributed by atoms with van der Waals surface area (Å²) in [5.74, 6) is -4.21. The molecule has 0 spiro atoms. The second kappa shape index (κ2) is 8.93. The third-order valence-electron chi connectivity index (χ3n) is 5.35. The molecule has 8 nitrogen and oxygen atoms in total. The van der Waals surface area contributed by atoms with Gasteiger partial charge in [0.05, 0.1) is 17.5 Å². The first-order valence-corrected chi connectivity index (χ1v) is 10.2. The quantitative estimate of drug-likeness (QED) is 0.362. The molecule has 4 rings (SSSR count). The zero-order chi connectivity index (χ0) is 23.6. The van der Waals surface area contributed by atoms with Gasteiger partial charge >= 0.3 is 0 Å². The summed E-state index contributed by atoms with van der Waals surface area (Å²) in [6.45, 7) is 1.35. The molecule has 2 aromatic carbocycles. The molecular weight excluding hydrogens is 437 g/mol. The van der Waals surface area contributed by atoms with Crippen LogP contribution < -0.4 is 10.7 Å². The SMILES string of the molecule is Cc1ccc(N/N=C\C=N)c(C(=O)N2CCC(F)(F)[C@H]2CNc2nc3ccc(F)cc3o2)c1. The summed E-state index contributed by atoms with van der Waals surface area (Å²) in [6, 6.07) is 7.29. The average Bonchev–Trinajstić information content (AvgIpc) is 3.31. The molecular formula is C22H21F3N6O2. The normalized spacial score (nSPS) is 17.6. The number of oxazole rings is 1. The number of nitrogens with one attached hydrogen (secondary N) is 3. The molecule has 3 N–H and O–H groups in total. The van der Waals surface area contributed by atoms with Crippen molar-refractivity contribution in [2.24, 2.45) is 5.10 Å². The largest absolute Gasteiger partial charge is 0.423 e. The van der Waals surface area contributed by atoms with Crippen LogP contribution in [-0.2, 0) is 0 Å². The summed E-state index contributed by atoms with van der Waals surface area (Å²) in [4.78, 5) is 18.5. The van der Waals surface area contributed by atoms with E-state index in [2.05, 4.69) is 20.8 Å². The molecule has 33 heavy (non-hydrogen) atoms. The number of anilines is 2. The monoisotopic (exact) mass is 458 g/mol. The van der Waals surface area contributed by atoms with Crippen LogP contribution in [0.4, 0.5) is 24.9 Å². The van der Waals surface area contributed by atoms with E-state index < -0.39 is 30.1 Å². The Kier molecular flexibility index (Phi) is 6.03. The molecule has 2 heterocycles. The van der Waals surface area contributed by atoms with Gasteiger partial charge in [0.25, 0.3) is 17.8 Å². The highest BCUT2D eigenvalue weighted by Gasteiger charge is 2.51. The third kappa shape index (κ3) is 4.66. The lowest BCUT2D eigenvalue weighted by Gasteiger charge is -2.28. The van der Waals surface area contributed by atoms with Crippen LogP contribution in [-0.4, -0.2) is 53.3 Å². The minimum Gasteiger partial charge on any atom is -0.423 e. The van der Waals surface area contributed by atoms with E-state index in [-0.39, 0.29) is 30.3 Å². The first-order valence-electron chi connectivity index (χ1n) is 10.2. The predicted octanol–water partition coefficient (Wildman–Crippen LogP) is 4.28. The number of rotatable bonds is 7. The number of aromatic nitrogens is 1. The molecule has 0 unspecified atom stereocenters. The molecule has 0 saturated carbocycles. The van der Waals surface area contributed by atoms with Crippen molar-refractivity contribution in [1.29, 1.82) is 5.41 Å². The number of carbonyl (C=O) groups excluding carboxylic acids is 1. The molecule has 1 amide bonds. The zero-order valence-electron chi connectivity index (χ0n) is 17.6. The standard InChI is InChI=1S/C22H21F3N6O2/c1-13-2-4-16(30-28-8-7-26)15(10-13)20(32)31-9-6-22(24,25)19(31)12-27-21-29-17-5-3-14(23)11-18(17)33-21/h2-5,7-8,10-11,19,26,30H,6,9,12H2,1H3,(H,27,29)/b26-7?,28-8-/t19-/m1/s1. The van der Waals surface area contributed by atoms with Crippen molar-refractivity contribution in [2.75, 3.05) is 23.8 Å². The Morgan fingerprint density at radius 2 is 2.18 bits per heavy atom. The first kappa shape index (κ1) is 22.3.